The zero-order valence-electron chi connectivity index (χ0n) is 11.5. The van der Waals surface area contributed by atoms with Crippen molar-refractivity contribution in [2.24, 2.45) is 0 Å². The molecule has 0 aliphatic heterocycles. The number of nitrogens with zero attached hydrogens (tertiary/aromatic N) is 1. The minimum Gasteiger partial charge on any atom is -0.315 e. The van der Waals surface area contributed by atoms with Crippen molar-refractivity contribution in [1.29, 1.82) is 0 Å². The third-order valence-electron chi connectivity index (χ3n) is 2.92. The van der Waals surface area contributed by atoms with Gasteiger partial charge in [0.05, 0.1) is 0 Å². The van der Waals surface area contributed by atoms with Crippen molar-refractivity contribution in [3.8, 4) is 0 Å². The number of hydrogen-bond acceptors (Lipinski definition) is 3. The highest BCUT2D eigenvalue weighted by molar-refractivity contribution is 9.10. The van der Waals surface area contributed by atoms with Crippen LogP contribution in [0.25, 0.3) is 0 Å². The highest BCUT2D eigenvalue weighted by atomic mass is 79.9. The van der Waals surface area contributed by atoms with Crippen LogP contribution in [0.4, 0.5) is 0 Å². The summed E-state index contributed by atoms with van der Waals surface area (Å²) in [6.45, 7) is 6.68. The SMILES string of the molecule is CCCCCCNCCN(C)Cc1cc(Br)cs1. The van der Waals surface area contributed by atoms with Crippen LogP contribution >= 0.6 is 27.3 Å². The summed E-state index contributed by atoms with van der Waals surface area (Å²) in [5.41, 5.74) is 0. The van der Waals surface area contributed by atoms with Gasteiger partial charge in [0.25, 0.3) is 0 Å². The monoisotopic (exact) mass is 332 g/mol. The average molecular weight is 333 g/mol. The third-order valence-corrected chi connectivity index (χ3v) is 4.61. The van der Waals surface area contributed by atoms with Crippen LogP contribution in [0.5, 0.6) is 0 Å². The second-order valence-electron chi connectivity index (χ2n) is 4.78. The van der Waals surface area contributed by atoms with E-state index in [-0.39, 0.29) is 0 Å². The maximum absolute atomic E-state index is 3.52. The summed E-state index contributed by atoms with van der Waals surface area (Å²) in [6.07, 6.45) is 5.37. The molecular weight excluding hydrogens is 308 g/mol. The van der Waals surface area contributed by atoms with Crippen LogP contribution in [-0.4, -0.2) is 31.6 Å². The molecule has 2 nitrogen and oxygen atoms in total. The standard InChI is InChI=1S/C14H25BrN2S/c1-3-4-5-6-7-16-8-9-17(2)11-14-10-13(15)12-18-14/h10,12,16H,3-9,11H2,1-2H3. The van der Waals surface area contributed by atoms with Gasteiger partial charge in [0.15, 0.2) is 0 Å². The Kier molecular flexibility index (Phi) is 8.94. The van der Waals surface area contributed by atoms with Gasteiger partial charge in [-0.05, 0) is 42.0 Å². The molecule has 1 rings (SSSR count). The molecule has 104 valence electrons. The molecule has 0 aliphatic rings. The minimum atomic E-state index is 1.05. The fraction of sp³-hybridized carbons (Fsp3) is 0.714. The lowest BCUT2D eigenvalue weighted by Gasteiger charge is -2.15. The highest BCUT2D eigenvalue weighted by Gasteiger charge is 2.02. The number of nitrogens with one attached hydrogen (secondary N) is 1. The molecule has 0 saturated carbocycles. The molecule has 18 heavy (non-hydrogen) atoms. The third kappa shape index (κ3) is 7.52. The normalized spacial score (nSPS) is 11.3. The number of likely N-dealkylation sites (N-methyl/N-ethyl adjacent to an activating group) is 1. The first-order valence-corrected chi connectivity index (χ1v) is 8.51. The van der Waals surface area contributed by atoms with E-state index in [1.165, 1.54) is 41.6 Å². The van der Waals surface area contributed by atoms with Crippen LogP contribution in [0.2, 0.25) is 0 Å². The molecule has 1 aromatic heterocycles. The number of thiophene rings is 1. The predicted octanol–water partition coefficient (Wildman–Crippen LogP) is 4.11. The quantitative estimate of drug-likeness (QED) is 0.648. The van der Waals surface area contributed by atoms with Gasteiger partial charge in [-0.25, -0.2) is 0 Å². The van der Waals surface area contributed by atoms with E-state index in [4.69, 9.17) is 0 Å². The first-order chi connectivity index (χ1) is 8.72. The van der Waals surface area contributed by atoms with Crippen molar-refractivity contribution in [2.75, 3.05) is 26.7 Å². The Bertz CT molecular complexity index is 314. The van der Waals surface area contributed by atoms with Crippen molar-refractivity contribution >= 4 is 27.3 Å². The van der Waals surface area contributed by atoms with Gasteiger partial charge in [0, 0.05) is 34.4 Å². The van der Waals surface area contributed by atoms with Gasteiger partial charge < -0.3 is 10.2 Å². The molecule has 0 fully saturated rings. The van der Waals surface area contributed by atoms with Crippen LogP contribution < -0.4 is 5.32 Å². The molecule has 0 spiro atoms. The molecule has 4 heteroatoms. The Morgan fingerprint density at radius 3 is 2.78 bits per heavy atom. The lowest BCUT2D eigenvalue weighted by molar-refractivity contribution is 0.326. The summed E-state index contributed by atoms with van der Waals surface area (Å²) in [6, 6.07) is 2.21. The Morgan fingerprint density at radius 1 is 1.28 bits per heavy atom. The smallest absolute Gasteiger partial charge is 0.0325 e. The van der Waals surface area contributed by atoms with Gasteiger partial charge in [-0.1, -0.05) is 26.2 Å². The summed E-state index contributed by atoms with van der Waals surface area (Å²) in [7, 11) is 2.19. The lowest BCUT2D eigenvalue weighted by atomic mass is 10.2. The number of halogens is 1. The molecule has 0 aromatic carbocycles. The number of rotatable bonds is 10. The number of hydrogen-bond donors (Lipinski definition) is 1. The Hall–Kier alpha value is 0.1000. The van der Waals surface area contributed by atoms with Crippen LogP contribution in [0.1, 0.15) is 37.5 Å². The van der Waals surface area contributed by atoms with Crippen LogP contribution in [-0.2, 0) is 6.54 Å². The maximum Gasteiger partial charge on any atom is 0.0325 e. The van der Waals surface area contributed by atoms with Gasteiger partial charge in [-0.2, -0.15) is 0 Å². The predicted molar refractivity (Wildman–Crippen MR) is 85.4 cm³/mol. The first kappa shape index (κ1) is 16.2. The van der Waals surface area contributed by atoms with E-state index in [1.807, 2.05) is 11.3 Å². The van der Waals surface area contributed by atoms with Crippen molar-refractivity contribution < 1.29 is 0 Å². The largest absolute Gasteiger partial charge is 0.315 e. The van der Waals surface area contributed by atoms with E-state index in [0.717, 1.165) is 19.6 Å². The molecule has 0 bridgehead atoms. The first-order valence-electron chi connectivity index (χ1n) is 6.84. The van der Waals surface area contributed by atoms with E-state index in [2.05, 4.69) is 51.6 Å². The topological polar surface area (TPSA) is 15.3 Å². The fourth-order valence-electron chi connectivity index (χ4n) is 1.85. The van der Waals surface area contributed by atoms with Crippen LogP contribution in [0.3, 0.4) is 0 Å². The minimum absolute atomic E-state index is 1.05. The summed E-state index contributed by atoms with van der Waals surface area (Å²) in [5, 5.41) is 5.67. The summed E-state index contributed by atoms with van der Waals surface area (Å²) in [4.78, 5) is 3.80. The van der Waals surface area contributed by atoms with Crippen molar-refractivity contribution in [1.82, 2.24) is 10.2 Å². The maximum atomic E-state index is 3.52. The fourth-order valence-corrected chi connectivity index (χ4v) is 3.38. The summed E-state index contributed by atoms with van der Waals surface area (Å²) in [5.74, 6) is 0. The van der Waals surface area contributed by atoms with Crippen molar-refractivity contribution in [2.45, 2.75) is 39.2 Å². The lowest BCUT2D eigenvalue weighted by Crippen LogP contribution is -2.29. The average Bonchev–Trinajstić information content (AvgIpc) is 2.73. The van der Waals surface area contributed by atoms with Crippen LogP contribution in [0.15, 0.2) is 15.9 Å². The summed E-state index contributed by atoms with van der Waals surface area (Å²) >= 11 is 5.32. The van der Waals surface area contributed by atoms with Gasteiger partial charge in [-0.15, -0.1) is 11.3 Å². The molecule has 0 saturated heterocycles. The van der Waals surface area contributed by atoms with Gasteiger partial charge in [-0.3, -0.25) is 0 Å². The molecule has 0 aliphatic carbocycles. The second-order valence-corrected chi connectivity index (χ2v) is 6.69. The molecular formula is C14H25BrN2S. The van der Waals surface area contributed by atoms with Gasteiger partial charge in [0.2, 0.25) is 0 Å². The van der Waals surface area contributed by atoms with Gasteiger partial charge >= 0.3 is 0 Å². The van der Waals surface area contributed by atoms with E-state index in [1.54, 1.807) is 0 Å². The molecule has 1 aromatic rings. The molecule has 0 atom stereocenters. The molecule has 0 unspecified atom stereocenters. The van der Waals surface area contributed by atoms with E-state index >= 15 is 0 Å². The molecule has 0 amide bonds. The Labute approximate surface area is 124 Å². The summed E-state index contributed by atoms with van der Waals surface area (Å²) < 4.78 is 1.20. The van der Waals surface area contributed by atoms with Crippen molar-refractivity contribution in [3.05, 3.63) is 20.8 Å². The number of unbranched alkanes of at least 4 members (excludes halogenated alkanes) is 3. The molecule has 0 radical (unpaired) electrons. The van der Waals surface area contributed by atoms with Crippen molar-refractivity contribution in [3.63, 3.8) is 0 Å². The Balaban J connectivity index is 1.98. The van der Waals surface area contributed by atoms with E-state index in [0.29, 0.717) is 0 Å². The highest BCUT2D eigenvalue weighted by Crippen LogP contribution is 2.20. The molecule has 1 N–H and O–H groups in total. The second kappa shape index (κ2) is 9.96. The van der Waals surface area contributed by atoms with Crippen LogP contribution in [0, 0.1) is 0 Å². The Morgan fingerprint density at radius 2 is 2.11 bits per heavy atom. The molecule has 1 heterocycles. The van der Waals surface area contributed by atoms with E-state index in [9.17, 15) is 0 Å². The zero-order valence-corrected chi connectivity index (χ0v) is 13.9. The van der Waals surface area contributed by atoms with E-state index < -0.39 is 0 Å². The van der Waals surface area contributed by atoms with Gasteiger partial charge in [0.1, 0.15) is 0 Å². The zero-order chi connectivity index (χ0) is 13.2.